The molecule has 0 saturated heterocycles. The van der Waals surface area contributed by atoms with E-state index in [9.17, 15) is 4.79 Å². The molecule has 0 aromatic heterocycles. The summed E-state index contributed by atoms with van der Waals surface area (Å²) >= 11 is 10.5. The van der Waals surface area contributed by atoms with Gasteiger partial charge in [-0.05, 0) is 0 Å². The summed E-state index contributed by atoms with van der Waals surface area (Å²) in [6.45, 7) is 6.51. The Balaban J connectivity index is 2.25. The Bertz CT molecular complexity index is 806. The van der Waals surface area contributed by atoms with E-state index in [0.717, 1.165) is 14.5 Å². The maximum atomic E-state index is 12.8. The second-order valence-corrected chi connectivity index (χ2v) is 23.1. The molecule has 0 spiro atoms. The van der Waals surface area contributed by atoms with Gasteiger partial charge in [-0.15, -0.1) is 0 Å². The number of carbonyl (C=O) groups is 1. The van der Waals surface area contributed by atoms with Gasteiger partial charge in [0, 0.05) is 0 Å². The number of Topliss-reactive ketones (excluding diaryl/α,β-unsaturated/α-hetero) is 1. The molecule has 2 aromatic rings. The Morgan fingerprint density at radius 1 is 1.16 bits per heavy atom. The van der Waals surface area contributed by atoms with Crippen LogP contribution in [0.25, 0.3) is 0 Å². The van der Waals surface area contributed by atoms with Crippen molar-refractivity contribution in [3.8, 4) is 0 Å². The number of nitrogens with one attached hydrogen (secondary N) is 1. The van der Waals surface area contributed by atoms with Crippen LogP contribution in [0.15, 0.2) is 57.5 Å². The summed E-state index contributed by atoms with van der Waals surface area (Å²) in [6.07, 6.45) is 0. The summed E-state index contributed by atoms with van der Waals surface area (Å²) in [6, 6.07) is 16.2. The molecule has 134 valence electrons. The molecule has 0 saturated carbocycles. The van der Waals surface area contributed by atoms with Crippen LogP contribution in [0.3, 0.4) is 0 Å². The zero-order valence-electron chi connectivity index (χ0n) is 14.3. The molecule has 0 radical (unpaired) electrons. The summed E-state index contributed by atoms with van der Waals surface area (Å²) in [5.74, 6) is 0.180. The van der Waals surface area contributed by atoms with E-state index in [1.54, 1.807) is 0 Å². The van der Waals surface area contributed by atoms with Crippen LogP contribution in [0.5, 0.6) is 0 Å². The van der Waals surface area contributed by atoms with Crippen molar-refractivity contribution >= 4 is 76.9 Å². The number of ketones is 1. The van der Waals surface area contributed by atoms with Crippen molar-refractivity contribution in [1.82, 2.24) is 5.09 Å². The van der Waals surface area contributed by atoms with Crippen molar-refractivity contribution in [2.24, 2.45) is 0 Å². The van der Waals surface area contributed by atoms with Gasteiger partial charge in [0.15, 0.2) is 0 Å². The number of halogens is 2. The Kier molecular flexibility index (Phi) is 7.96. The molecule has 2 aromatic carbocycles. The van der Waals surface area contributed by atoms with Crippen LogP contribution in [-0.2, 0) is 0 Å². The van der Waals surface area contributed by atoms with Crippen LogP contribution in [0.1, 0.15) is 31.1 Å². The minimum absolute atomic E-state index is 0.0178. The summed E-state index contributed by atoms with van der Waals surface area (Å²) in [5, 5.41) is 5.63. The first-order chi connectivity index (χ1) is 11.6. The van der Waals surface area contributed by atoms with Gasteiger partial charge in [-0.2, -0.15) is 0 Å². The first kappa shape index (κ1) is 21.8. The Morgan fingerprint density at radius 3 is 2.40 bits per heavy atom. The third-order valence-electron chi connectivity index (χ3n) is 3.18. The van der Waals surface area contributed by atoms with Crippen LogP contribution in [0.4, 0.5) is 0 Å². The molecule has 0 bridgehead atoms. The van der Waals surface area contributed by atoms with E-state index < -0.39 is 4.35 Å². The van der Waals surface area contributed by atoms with Crippen molar-refractivity contribution < 1.29 is 4.79 Å². The molecule has 1 N–H and O–H groups in total. The van der Waals surface area contributed by atoms with E-state index >= 15 is 0 Å². The van der Waals surface area contributed by atoms with E-state index in [2.05, 4.69) is 97.1 Å². The van der Waals surface area contributed by atoms with E-state index in [1.165, 1.54) is 5.30 Å². The topological polar surface area (TPSA) is 29.1 Å². The van der Waals surface area contributed by atoms with Gasteiger partial charge in [0.05, 0.1) is 0 Å². The molecule has 1 unspecified atom stereocenters. The van der Waals surface area contributed by atoms with Crippen LogP contribution < -0.4 is 10.4 Å². The Morgan fingerprint density at radius 2 is 1.80 bits per heavy atom. The normalized spacial score (nSPS) is 14.1. The zero-order valence-corrected chi connectivity index (χ0v) is 21.7. The van der Waals surface area contributed by atoms with Crippen molar-refractivity contribution in [3.63, 3.8) is 0 Å². The molecule has 0 fully saturated rings. The summed E-state index contributed by atoms with van der Waals surface area (Å²) in [5.41, 5.74) is 0.724. The molecule has 25 heavy (non-hydrogen) atoms. The quantitative estimate of drug-likeness (QED) is 0.277. The first-order valence-electron chi connectivity index (χ1n) is 7.69. The fraction of sp³-hybridized carbons (Fsp3) is 0.278. The van der Waals surface area contributed by atoms with Gasteiger partial charge >= 0.3 is 181 Å². The summed E-state index contributed by atoms with van der Waals surface area (Å²) in [4.78, 5) is 12.8. The molecule has 0 aliphatic rings. The van der Waals surface area contributed by atoms with Gasteiger partial charge in [0.1, 0.15) is 0 Å². The maximum absolute atomic E-state index is 12.8. The number of hydrogen-bond donors (Lipinski definition) is 1. The van der Waals surface area contributed by atoms with Crippen LogP contribution in [-0.4, -0.2) is 40.9 Å². The van der Waals surface area contributed by atoms with E-state index in [-0.39, 0.29) is 25.8 Å². The van der Waals surface area contributed by atoms with Crippen molar-refractivity contribution in [2.45, 2.75) is 31.6 Å². The predicted molar refractivity (Wildman–Crippen MR) is 118 cm³/mol. The molecule has 1 atom stereocenters. The minimum atomic E-state index is -1.70. The van der Waals surface area contributed by atoms with Crippen molar-refractivity contribution in [3.05, 3.63) is 63.0 Å². The van der Waals surface area contributed by atoms with Crippen LogP contribution in [0.2, 0.25) is 5.32 Å². The molecule has 0 heterocycles. The van der Waals surface area contributed by atoms with E-state index in [4.69, 9.17) is 0 Å². The Labute approximate surface area is 180 Å². The molecule has 2 rings (SSSR count). The van der Waals surface area contributed by atoms with Gasteiger partial charge in [0.2, 0.25) is 0 Å². The summed E-state index contributed by atoms with van der Waals surface area (Å²) in [7, 11) is 0. The average molecular weight is 615 g/mol. The second-order valence-electron chi connectivity index (χ2n) is 6.57. The number of hydrogen-bond acceptors (Lipinski definition) is 2. The third kappa shape index (κ3) is 6.55. The average Bonchev–Trinajstić information content (AvgIpc) is 2.54. The number of benzene rings is 2. The molecule has 2 nitrogen and oxygen atoms in total. The van der Waals surface area contributed by atoms with Crippen molar-refractivity contribution in [2.75, 3.05) is 0 Å². The van der Waals surface area contributed by atoms with Crippen molar-refractivity contribution in [1.29, 1.82) is 0 Å². The molecule has 7 heteroatoms. The van der Waals surface area contributed by atoms with Crippen LogP contribution in [0, 0.1) is 0 Å². The Hall–Kier alpha value is 0.499. The number of rotatable bonds is 6. The monoisotopic (exact) mass is 615 g/mol. The van der Waals surface area contributed by atoms with Gasteiger partial charge in [-0.1, -0.05) is 0 Å². The first-order valence-corrected chi connectivity index (χ1v) is 16.7. The van der Waals surface area contributed by atoms with E-state index in [1.807, 2.05) is 24.3 Å². The fourth-order valence-corrected chi connectivity index (χ4v) is 15.4. The number of carbonyl (C=O) groups excluding carboxylic acids is 1. The fourth-order valence-electron chi connectivity index (χ4n) is 2.18. The molecular weight excluding hydrogens is 595 g/mol. The zero-order chi connectivity index (χ0) is 18.7. The molecule has 0 aliphatic heterocycles. The van der Waals surface area contributed by atoms with Gasteiger partial charge in [0.25, 0.3) is 0 Å². The predicted octanol–water partition coefficient (Wildman–Crippen LogP) is 5.16. The van der Waals surface area contributed by atoms with Crippen LogP contribution >= 0.6 is 36.2 Å². The van der Waals surface area contributed by atoms with E-state index in [0.29, 0.717) is 5.32 Å². The molecular formula is C18H20Br2NOPSe2. The summed E-state index contributed by atoms with van der Waals surface area (Å²) < 4.78 is 0.0688. The molecule has 0 aliphatic carbocycles. The SMILES string of the molecule is CC(C)(C)NP(=[Se])([Se]CC(=O)c1cc(Br)ccc1Br)c1ccccc1. The standard InChI is InChI=1S/C18H20Br2NOPSe2/c1-18(2,3)21-23(24,14-7-5-4-6-8-14)25-12-17(22)15-11-13(19)9-10-16(15)20/h4-11H,12H2,1-3H3,(H,21,24). The third-order valence-corrected chi connectivity index (χ3v) is 17.7. The van der Waals surface area contributed by atoms with Gasteiger partial charge in [-0.25, -0.2) is 0 Å². The van der Waals surface area contributed by atoms with Gasteiger partial charge < -0.3 is 0 Å². The molecule has 0 amide bonds. The van der Waals surface area contributed by atoms with Gasteiger partial charge in [-0.3, -0.25) is 0 Å². The second kappa shape index (κ2) is 9.13.